The molecular formula is C15H22N2O2. The molecule has 0 amide bonds. The lowest BCUT2D eigenvalue weighted by molar-refractivity contribution is -0.384. The van der Waals surface area contributed by atoms with E-state index in [1.807, 2.05) is 13.0 Å². The summed E-state index contributed by atoms with van der Waals surface area (Å²) in [4.78, 5) is 10.7. The second-order valence-electron chi connectivity index (χ2n) is 5.52. The number of nitro groups is 1. The fourth-order valence-electron chi connectivity index (χ4n) is 2.77. The summed E-state index contributed by atoms with van der Waals surface area (Å²) in [5.74, 6) is 0.655. The Morgan fingerprint density at radius 3 is 2.58 bits per heavy atom. The minimum atomic E-state index is -0.311. The zero-order valence-electron chi connectivity index (χ0n) is 11.5. The number of rotatable bonds is 4. The van der Waals surface area contributed by atoms with Gasteiger partial charge in [0, 0.05) is 12.6 Å². The highest BCUT2D eigenvalue weighted by molar-refractivity contribution is 5.62. The van der Waals surface area contributed by atoms with Crippen LogP contribution >= 0.6 is 0 Å². The Balaban J connectivity index is 2.01. The molecule has 1 aromatic rings. The molecule has 1 aliphatic rings. The van der Waals surface area contributed by atoms with Crippen molar-refractivity contribution in [2.24, 2.45) is 5.92 Å². The maximum atomic E-state index is 11.0. The number of anilines is 1. The normalized spacial score (nSPS) is 16.9. The van der Waals surface area contributed by atoms with Crippen molar-refractivity contribution in [1.82, 2.24) is 0 Å². The van der Waals surface area contributed by atoms with E-state index in [0.29, 0.717) is 11.6 Å². The summed E-state index contributed by atoms with van der Waals surface area (Å²) in [5.41, 5.74) is 1.89. The van der Waals surface area contributed by atoms with Crippen LogP contribution in [0.15, 0.2) is 18.2 Å². The number of hydrogen-bond acceptors (Lipinski definition) is 3. The van der Waals surface area contributed by atoms with Crippen LogP contribution in [0, 0.1) is 23.0 Å². The van der Waals surface area contributed by atoms with Crippen molar-refractivity contribution >= 4 is 11.4 Å². The third kappa shape index (κ3) is 3.94. The summed E-state index contributed by atoms with van der Waals surface area (Å²) in [7, 11) is 0. The highest BCUT2D eigenvalue weighted by atomic mass is 16.6. The Labute approximate surface area is 114 Å². The molecule has 1 aliphatic carbocycles. The largest absolute Gasteiger partial charge is 0.379 e. The first kappa shape index (κ1) is 13.8. The topological polar surface area (TPSA) is 55.2 Å². The van der Waals surface area contributed by atoms with Gasteiger partial charge in [-0.2, -0.15) is 0 Å². The van der Waals surface area contributed by atoms with Gasteiger partial charge in [0.1, 0.15) is 5.69 Å². The number of benzene rings is 1. The van der Waals surface area contributed by atoms with Crippen LogP contribution in [0.4, 0.5) is 11.4 Å². The third-order valence-electron chi connectivity index (χ3n) is 3.90. The van der Waals surface area contributed by atoms with E-state index < -0.39 is 0 Å². The molecule has 104 valence electrons. The first-order chi connectivity index (χ1) is 9.16. The van der Waals surface area contributed by atoms with Crippen molar-refractivity contribution < 1.29 is 4.92 Å². The highest BCUT2D eigenvalue weighted by Crippen LogP contribution is 2.27. The van der Waals surface area contributed by atoms with Gasteiger partial charge in [-0.25, -0.2) is 0 Å². The van der Waals surface area contributed by atoms with Crippen LogP contribution in [0.3, 0.4) is 0 Å². The van der Waals surface area contributed by atoms with E-state index in [0.717, 1.165) is 12.1 Å². The Morgan fingerprint density at radius 2 is 1.95 bits per heavy atom. The maximum Gasteiger partial charge on any atom is 0.292 e. The maximum absolute atomic E-state index is 11.0. The third-order valence-corrected chi connectivity index (χ3v) is 3.90. The fraction of sp³-hybridized carbons (Fsp3) is 0.600. The molecule has 0 aliphatic heterocycles. The van der Waals surface area contributed by atoms with Crippen molar-refractivity contribution in [2.45, 2.75) is 45.4 Å². The van der Waals surface area contributed by atoms with Crippen LogP contribution < -0.4 is 5.32 Å². The molecule has 0 bridgehead atoms. The van der Waals surface area contributed by atoms with Gasteiger partial charge in [-0.3, -0.25) is 10.1 Å². The number of hydrogen-bond donors (Lipinski definition) is 1. The molecule has 2 rings (SSSR count). The van der Waals surface area contributed by atoms with Gasteiger partial charge in [0.15, 0.2) is 0 Å². The molecule has 1 N–H and O–H groups in total. The first-order valence-corrected chi connectivity index (χ1v) is 7.16. The lowest BCUT2D eigenvalue weighted by Gasteiger charge is -2.16. The van der Waals surface area contributed by atoms with Crippen LogP contribution in [-0.2, 0) is 0 Å². The quantitative estimate of drug-likeness (QED) is 0.500. The minimum Gasteiger partial charge on any atom is -0.379 e. The molecule has 1 saturated carbocycles. The number of nitro benzene ring substituents is 1. The van der Waals surface area contributed by atoms with Crippen molar-refractivity contribution in [1.29, 1.82) is 0 Å². The zero-order chi connectivity index (χ0) is 13.7. The van der Waals surface area contributed by atoms with Gasteiger partial charge >= 0.3 is 0 Å². The van der Waals surface area contributed by atoms with E-state index in [1.54, 1.807) is 12.1 Å². The van der Waals surface area contributed by atoms with E-state index in [-0.39, 0.29) is 10.6 Å². The predicted molar refractivity (Wildman–Crippen MR) is 77.5 cm³/mol. The van der Waals surface area contributed by atoms with Gasteiger partial charge in [0.05, 0.1) is 4.92 Å². The SMILES string of the molecule is Cc1ccc([N+](=O)[O-])c(NCC2CCCCCC2)c1. The molecule has 0 radical (unpaired) electrons. The molecule has 0 saturated heterocycles. The first-order valence-electron chi connectivity index (χ1n) is 7.16. The van der Waals surface area contributed by atoms with E-state index in [4.69, 9.17) is 0 Å². The average molecular weight is 262 g/mol. The molecule has 4 heteroatoms. The van der Waals surface area contributed by atoms with Gasteiger partial charge in [-0.05, 0) is 37.3 Å². The van der Waals surface area contributed by atoms with Crippen molar-refractivity contribution in [3.05, 3.63) is 33.9 Å². The molecule has 0 heterocycles. The average Bonchev–Trinajstić information content (AvgIpc) is 2.64. The standard InChI is InChI=1S/C15H22N2O2/c1-12-8-9-15(17(18)19)14(10-12)16-11-13-6-4-2-3-5-7-13/h8-10,13,16H,2-7,11H2,1H3. The summed E-state index contributed by atoms with van der Waals surface area (Å²) in [6.07, 6.45) is 7.74. The molecule has 0 atom stereocenters. The second-order valence-corrected chi connectivity index (χ2v) is 5.52. The smallest absolute Gasteiger partial charge is 0.292 e. The molecule has 4 nitrogen and oxygen atoms in total. The van der Waals surface area contributed by atoms with Crippen LogP contribution in [0.25, 0.3) is 0 Å². The molecule has 0 spiro atoms. The van der Waals surface area contributed by atoms with Crippen molar-refractivity contribution in [3.8, 4) is 0 Å². The van der Waals surface area contributed by atoms with E-state index in [2.05, 4.69) is 5.32 Å². The van der Waals surface area contributed by atoms with Crippen LogP contribution in [0.2, 0.25) is 0 Å². The highest BCUT2D eigenvalue weighted by Gasteiger charge is 2.16. The van der Waals surface area contributed by atoms with Crippen molar-refractivity contribution in [3.63, 3.8) is 0 Å². The second kappa shape index (κ2) is 6.55. The molecular weight excluding hydrogens is 240 g/mol. The molecule has 1 fully saturated rings. The monoisotopic (exact) mass is 262 g/mol. The van der Waals surface area contributed by atoms with Gasteiger partial charge in [0.2, 0.25) is 0 Å². The predicted octanol–water partition coefficient (Wildman–Crippen LogP) is 4.29. The zero-order valence-corrected chi connectivity index (χ0v) is 11.5. The summed E-state index contributed by atoms with van der Waals surface area (Å²) < 4.78 is 0. The van der Waals surface area contributed by atoms with Gasteiger partial charge in [-0.15, -0.1) is 0 Å². The summed E-state index contributed by atoms with van der Waals surface area (Å²) in [6, 6.07) is 5.24. The lowest BCUT2D eigenvalue weighted by Crippen LogP contribution is -2.14. The number of nitrogens with zero attached hydrogens (tertiary/aromatic N) is 1. The molecule has 1 aromatic carbocycles. The van der Waals surface area contributed by atoms with Gasteiger partial charge < -0.3 is 5.32 Å². The van der Waals surface area contributed by atoms with Crippen LogP contribution in [-0.4, -0.2) is 11.5 Å². The van der Waals surface area contributed by atoms with Crippen molar-refractivity contribution in [2.75, 3.05) is 11.9 Å². The Morgan fingerprint density at radius 1 is 1.26 bits per heavy atom. The van der Waals surface area contributed by atoms with E-state index in [9.17, 15) is 10.1 Å². The number of aryl methyl sites for hydroxylation is 1. The van der Waals surface area contributed by atoms with Gasteiger partial charge in [0.25, 0.3) is 5.69 Å². The summed E-state index contributed by atoms with van der Waals surface area (Å²) in [6.45, 7) is 2.81. The Bertz CT molecular complexity index is 438. The Kier molecular flexibility index (Phi) is 4.77. The molecule has 0 unspecified atom stereocenters. The lowest BCUT2D eigenvalue weighted by atomic mass is 10.0. The Hall–Kier alpha value is -1.58. The molecule has 19 heavy (non-hydrogen) atoms. The van der Waals surface area contributed by atoms with E-state index >= 15 is 0 Å². The van der Waals surface area contributed by atoms with Crippen LogP contribution in [0.5, 0.6) is 0 Å². The fourth-order valence-corrected chi connectivity index (χ4v) is 2.77. The van der Waals surface area contributed by atoms with E-state index in [1.165, 1.54) is 38.5 Å². The minimum absolute atomic E-state index is 0.180. The number of nitrogens with one attached hydrogen (secondary N) is 1. The summed E-state index contributed by atoms with van der Waals surface area (Å²) in [5, 5.41) is 14.3. The summed E-state index contributed by atoms with van der Waals surface area (Å²) >= 11 is 0. The molecule has 0 aromatic heterocycles. The van der Waals surface area contributed by atoms with Crippen LogP contribution in [0.1, 0.15) is 44.1 Å². The van der Waals surface area contributed by atoms with Gasteiger partial charge in [-0.1, -0.05) is 31.7 Å².